The number of benzene rings is 2. The van der Waals surface area contributed by atoms with Gasteiger partial charge in [0.25, 0.3) is 5.91 Å². The number of hydrogen-bond acceptors (Lipinski definition) is 3. The van der Waals surface area contributed by atoms with E-state index in [0.717, 1.165) is 5.56 Å². The molecule has 7 nitrogen and oxygen atoms in total. The zero-order valence-corrected chi connectivity index (χ0v) is 18.0. The molecule has 0 radical (unpaired) electrons. The number of Topliss-reactive ketones (excluding diaryl/α,β-unsaturated/α-hetero) is 1. The summed E-state index contributed by atoms with van der Waals surface area (Å²) < 4.78 is 0. The van der Waals surface area contributed by atoms with E-state index in [1.165, 1.54) is 6.92 Å². The summed E-state index contributed by atoms with van der Waals surface area (Å²) in [6, 6.07) is 15.8. The minimum absolute atomic E-state index is 0.0715. The molecule has 160 valence electrons. The predicted octanol–water partition coefficient (Wildman–Crippen LogP) is 4.97. The lowest BCUT2D eigenvalue weighted by molar-refractivity contribution is 0.0934. The van der Waals surface area contributed by atoms with E-state index in [2.05, 4.69) is 20.9 Å². The monoisotopic (exact) mass is 418 g/mol. The summed E-state index contributed by atoms with van der Waals surface area (Å²) in [6.07, 6.45) is 0. The molecular formula is C24H26N4O3. The molecule has 0 aliphatic heterocycles. The standard InChI is InChI=1S/C24H26N4O3/c1-14-21(17(4)29)16(3)25-22(14)23(30)26-15(2)18-10-12-20(13-11-18)28-24(31)27-19-8-6-5-7-9-19/h5-13,15,25H,1-4H3,(H,26,30)(H2,27,28,31). The lowest BCUT2D eigenvalue weighted by Gasteiger charge is -2.15. The largest absolute Gasteiger partial charge is 0.354 e. The molecule has 0 aliphatic carbocycles. The third-order valence-corrected chi connectivity index (χ3v) is 5.06. The van der Waals surface area contributed by atoms with Crippen molar-refractivity contribution in [3.63, 3.8) is 0 Å². The van der Waals surface area contributed by atoms with Gasteiger partial charge in [0.2, 0.25) is 0 Å². The molecule has 0 saturated heterocycles. The zero-order chi connectivity index (χ0) is 22.5. The highest BCUT2D eigenvalue weighted by Gasteiger charge is 2.21. The third-order valence-electron chi connectivity index (χ3n) is 5.06. The van der Waals surface area contributed by atoms with Crippen molar-refractivity contribution in [2.24, 2.45) is 0 Å². The van der Waals surface area contributed by atoms with Crippen molar-refractivity contribution >= 4 is 29.1 Å². The van der Waals surface area contributed by atoms with Gasteiger partial charge in [0, 0.05) is 22.6 Å². The Morgan fingerprint density at radius 1 is 0.871 bits per heavy atom. The van der Waals surface area contributed by atoms with Gasteiger partial charge >= 0.3 is 6.03 Å². The molecule has 3 amide bonds. The summed E-state index contributed by atoms with van der Waals surface area (Å²) >= 11 is 0. The SMILES string of the molecule is CC(=O)c1c(C)[nH]c(C(=O)NC(C)c2ccc(NC(=O)Nc3ccccc3)cc2)c1C. The first kappa shape index (κ1) is 21.8. The van der Waals surface area contributed by atoms with E-state index in [-0.39, 0.29) is 23.8 Å². The van der Waals surface area contributed by atoms with Crippen LogP contribution in [-0.2, 0) is 0 Å². The topological polar surface area (TPSA) is 103 Å². The van der Waals surface area contributed by atoms with Crippen molar-refractivity contribution in [1.82, 2.24) is 10.3 Å². The molecule has 4 N–H and O–H groups in total. The second kappa shape index (κ2) is 9.30. The molecule has 1 unspecified atom stereocenters. The number of carbonyl (C=O) groups excluding carboxylic acids is 3. The van der Waals surface area contributed by atoms with Gasteiger partial charge in [0.05, 0.1) is 6.04 Å². The van der Waals surface area contributed by atoms with E-state index >= 15 is 0 Å². The van der Waals surface area contributed by atoms with Crippen LogP contribution in [-0.4, -0.2) is 22.7 Å². The number of para-hydroxylation sites is 1. The molecular weight excluding hydrogens is 392 g/mol. The van der Waals surface area contributed by atoms with Gasteiger partial charge in [-0.05, 0) is 63.1 Å². The average molecular weight is 418 g/mol. The van der Waals surface area contributed by atoms with Crippen LogP contribution in [0.25, 0.3) is 0 Å². The highest BCUT2D eigenvalue weighted by atomic mass is 16.2. The van der Waals surface area contributed by atoms with Gasteiger partial charge in [0.15, 0.2) is 5.78 Å². The molecule has 31 heavy (non-hydrogen) atoms. The number of hydrogen-bond donors (Lipinski definition) is 4. The predicted molar refractivity (Wildman–Crippen MR) is 122 cm³/mol. The molecule has 3 aromatic rings. The van der Waals surface area contributed by atoms with Gasteiger partial charge in [-0.1, -0.05) is 30.3 Å². The number of aromatic amines is 1. The number of aryl methyl sites for hydroxylation is 1. The fourth-order valence-electron chi connectivity index (χ4n) is 3.53. The maximum atomic E-state index is 12.7. The van der Waals surface area contributed by atoms with Crippen LogP contribution in [0.4, 0.5) is 16.2 Å². The average Bonchev–Trinajstić information content (AvgIpc) is 3.03. The number of nitrogens with one attached hydrogen (secondary N) is 4. The molecule has 0 saturated carbocycles. The van der Waals surface area contributed by atoms with Gasteiger partial charge < -0.3 is 20.9 Å². The van der Waals surface area contributed by atoms with Crippen molar-refractivity contribution in [3.05, 3.63) is 82.7 Å². The number of urea groups is 1. The first-order chi connectivity index (χ1) is 14.8. The van der Waals surface area contributed by atoms with Crippen molar-refractivity contribution in [3.8, 4) is 0 Å². The normalized spacial score (nSPS) is 11.5. The fourth-order valence-corrected chi connectivity index (χ4v) is 3.53. The smallest absolute Gasteiger partial charge is 0.323 e. The number of H-pyrrole nitrogens is 1. The molecule has 1 atom stereocenters. The fraction of sp³-hybridized carbons (Fsp3) is 0.208. The minimum Gasteiger partial charge on any atom is -0.354 e. The van der Waals surface area contributed by atoms with Gasteiger partial charge in [0.1, 0.15) is 5.69 Å². The molecule has 2 aromatic carbocycles. The Kier molecular flexibility index (Phi) is 6.55. The maximum Gasteiger partial charge on any atom is 0.323 e. The van der Waals surface area contributed by atoms with E-state index in [4.69, 9.17) is 0 Å². The summed E-state index contributed by atoms with van der Waals surface area (Å²) in [5, 5.41) is 8.48. The first-order valence-electron chi connectivity index (χ1n) is 10.00. The summed E-state index contributed by atoms with van der Waals surface area (Å²) in [7, 11) is 0. The Morgan fingerprint density at radius 3 is 2.00 bits per heavy atom. The quantitative estimate of drug-likeness (QED) is 0.425. The second-order valence-corrected chi connectivity index (χ2v) is 7.44. The van der Waals surface area contributed by atoms with E-state index in [1.807, 2.05) is 37.3 Å². The van der Waals surface area contributed by atoms with Crippen molar-refractivity contribution in [1.29, 1.82) is 0 Å². The van der Waals surface area contributed by atoms with Crippen LogP contribution >= 0.6 is 0 Å². The van der Waals surface area contributed by atoms with Gasteiger partial charge in [-0.2, -0.15) is 0 Å². The van der Waals surface area contributed by atoms with E-state index in [0.29, 0.717) is 33.9 Å². The lowest BCUT2D eigenvalue weighted by atomic mass is 10.1. The van der Waals surface area contributed by atoms with E-state index in [9.17, 15) is 14.4 Å². The van der Waals surface area contributed by atoms with Crippen LogP contribution < -0.4 is 16.0 Å². The number of amides is 3. The number of aromatic nitrogens is 1. The van der Waals surface area contributed by atoms with Crippen LogP contribution in [0, 0.1) is 13.8 Å². The Morgan fingerprint density at radius 2 is 1.45 bits per heavy atom. The molecule has 3 rings (SSSR count). The number of rotatable bonds is 6. The molecule has 0 fully saturated rings. The molecule has 0 spiro atoms. The Balaban J connectivity index is 1.62. The summed E-state index contributed by atoms with van der Waals surface area (Å²) in [4.78, 5) is 39.6. The van der Waals surface area contributed by atoms with Crippen LogP contribution in [0.2, 0.25) is 0 Å². The second-order valence-electron chi connectivity index (χ2n) is 7.44. The van der Waals surface area contributed by atoms with Crippen molar-refractivity contribution < 1.29 is 14.4 Å². The van der Waals surface area contributed by atoms with Crippen molar-refractivity contribution in [2.45, 2.75) is 33.7 Å². The zero-order valence-electron chi connectivity index (χ0n) is 18.0. The molecule has 1 aromatic heterocycles. The summed E-state index contributed by atoms with van der Waals surface area (Å²) in [5.74, 6) is -0.345. The Labute approximate surface area is 181 Å². The van der Waals surface area contributed by atoms with Crippen molar-refractivity contribution in [2.75, 3.05) is 10.6 Å². The van der Waals surface area contributed by atoms with Gasteiger partial charge in [-0.15, -0.1) is 0 Å². The lowest BCUT2D eigenvalue weighted by Crippen LogP contribution is -2.27. The summed E-state index contributed by atoms with van der Waals surface area (Å²) in [5.41, 5.74) is 4.52. The van der Waals surface area contributed by atoms with Crippen LogP contribution in [0.3, 0.4) is 0 Å². The van der Waals surface area contributed by atoms with Gasteiger partial charge in [-0.25, -0.2) is 4.79 Å². The number of carbonyl (C=O) groups is 3. The highest BCUT2D eigenvalue weighted by Crippen LogP contribution is 2.21. The Bertz CT molecular complexity index is 1100. The van der Waals surface area contributed by atoms with Crippen LogP contribution in [0.15, 0.2) is 54.6 Å². The number of ketones is 1. The molecule has 1 heterocycles. The highest BCUT2D eigenvalue weighted by molar-refractivity contribution is 6.02. The van der Waals surface area contributed by atoms with Gasteiger partial charge in [-0.3, -0.25) is 9.59 Å². The van der Waals surface area contributed by atoms with Crippen LogP contribution in [0.1, 0.15) is 57.6 Å². The molecule has 0 bridgehead atoms. The summed E-state index contributed by atoms with van der Waals surface area (Å²) in [6.45, 7) is 6.91. The molecule has 0 aliphatic rings. The Hall–Kier alpha value is -3.87. The van der Waals surface area contributed by atoms with Crippen LogP contribution in [0.5, 0.6) is 0 Å². The first-order valence-corrected chi connectivity index (χ1v) is 10.00. The maximum absolute atomic E-state index is 12.7. The van der Waals surface area contributed by atoms with E-state index in [1.54, 1.807) is 38.1 Å². The molecule has 7 heteroatoms. The third kappa shape index (κ3) is 5.19. The van der Waals surface area contributed by atoms with E-state index < -0.39 is 0 Å². The number of anilines is 2. The minimum atomic E-state index is -0.334.